The van der Waals surface area contributed by atoms with Gasteiger partial charge in [0.25, 0.3) is 6.01 Å². The molecule has 0 aliphatic carbocycles. The van der Waals surface area contributed by atoms with E-state index in [4.69, 9.17) is 27.0 Å². The number of benzene rings is 2. The Bertz CT molecular complexity index is 1180. The smallest absolute Gasteiger partial charge is 0.292 e. The van der Waals surface area contributed by atoms with Crippen LogP contribution in [0, 0.1) is 5.41 Å². The first-order valence-electron chi connectivity index (χ1n) is 8.92. The molecule has 2 aromatic heterocycles. The maximum atomic E-state index is 8.67. The zero-order valence-electron chi connectivity index (χ0n) is 15.5. The second kappa shape index (κ2) is 7.56. The third-order valence-corrected chi connectivity index (χ3v) is 4.54. The number of anilines is 3. The van der Waals surface area contributed by atoms with Gasteiger partial charge in [0.1, 0.15) is 23.5 Å². The average molecular weight is 388 g/mol. The number of aromatic nitrogens is 3. The van der Waals surface area contributed by atoms with Gasteiger partial charge in [-0.3, -0.25) is 5.41 Å². The van der Waals surface area contributed by atoms with E-state index in [0.717, 1.165) is 11.1 Å². The van der Waals surface area contributed by atoms with Gasteiger partial charge in [-0.25, -0.2) is 9.97 Å². The van der Waals surface area contributed by atoms with Crippen LogP contribution in [0.15, 0.2) is 53.2 Å². The van der Waals surface area contributed by atoms with E-state index in [1.807, 2.05) is 24.3 Å². The first-order valence-corrected chi connectivity index (χ1v) is 8.92. The molecule has 0 saturated heterocycles. The molecule has 9 heteroatoms. The van der Waals surface area contributed by atoms with Crippen LogP contribution in [0.1, 0.15) is 22.3 Å². The summed E-state index contributed by atoms with van der Waals surface area (Å²) >= 11 is 0. The summed E-state index contributed by atoms with van der Waals surface area (Å²) in [5, 5.41) is 11.9. The van der Waals surface area contributed by atoms with E-state index in [1.165, 1.54) is 6.33 Å². The number of nitrogens with one attached hydrogen (secondary N) is 2. The number of nitrogens with two attached hydrogens (primary N) is 3. The van der Waals surface area contributed by atoms with Crippen LogP contribution in [0.3, 0.4) is 0 Å². The number of nitrogen functional groups attached to an aromatic ring is 2. The van der Waals surface area contributed by atoms with E-state index in [0.29, 0.717) is 41.1 Å². The molecule has 4 rings (SSSR count). The van der Waals surface area contributed by atoms with Gasteiger partial charge in [0.05, 0.1) is 11.3 Å². The van der Waals surface area contributed by atoms with Crippen molar-refractivity contribution < 1.29 is 4.42 Å². The molecule has 29 heavy (non-hydrogen) atoms. The third-order valence-electron chi connectivity index (χ3n) is 4.54. The highest BCUT2D eigenvalue weighted by molar-refractivity contribution is 6.17. The van der Waals surface area contributed by atoms with Crippen molar-refractivity contribution in [2.75, 3.05) is 16.8 Å². The van der Waals surface area contributed by atoms with Gasteiger partial charge in [-0.2, -0.15) is 4.98 Å². The summed E-state index contributed by atoms with van der Waals surface area (Å²) in [4.78, 5) is 12.4. The fourth-order valence-electron chi connectivity index (χ4n) is 3.00. The van der Waals surface area contributed by atoms with Crippen LogP contribution in [0.4, 0.5) is 17.7 Å². The largest absolute Gasteiger partial charge is 0.424 e. The molecule has 2 aromatic carbocycles. The highest BCUT2D eigenvalue weighted by atomic mass is 16.4. The van der Waals surface area contributed by atoms with Gasteiger partial charge in [0.15, 0.2) is 5.58 Å². The minimum Gasteiger partial charge on any atom is -0.424 e. The van der Waals surface area contributed by atoms with Crippen LogP contribution in [0.5, 0.6) is 0 Å². The fourth-order valence-corrected chi connectivity index (χ4v) is 3.00. The molecule has 0 radical (unpaired) electrons. The molecule has 9 nitrogen and oxygen atoms in total. The van der Waals surface area contributed by atoms with Gasteiger partial charge in [-0.05, 0) is 29.3 Å². The normalized spacial score (nSPS) is 10.9. The molecule has 8 N–H and O–H groups in total. The molecule has 0 saturated carbocycles. The SMILES string of the molecule is N=C(c1ccc2oc(N)nc2c1)c1c(N)ncnc1NCc1ccc(CN)cc1. The van der Waals surface area contributed by atoms with Crippen molar-refractivity contribution in [3.8, 4) is 0 Å². The Morgan fingerprint density at radius 3 is 2.55 bits per heavy atom. The van der Waals surface area contributed by atoms with Gasteiger partial charge >= 0.3 is 0 Å². The molecular weight excluding hydrogens is 368 g/mol. The van der Waals surface area contributed by atoms with E-state index in [9.17, 15) is 0 Å². The topological polar surface area (TPSA) is 166 Å². The average Bonchev–Trinajstić information content (AvgIpc) is 3.11. The summed E-state index contributed by atoms with van der Waals surface area (Å²) in [6, 6.07) is 13.2. The van der Waals surface area contributed by atoms with E-state index in [-0.39, 0.29) is 17.5 Å². The number of hydrogen-bond acceptors (Lipinski definition) is 9. The lowest BCUT2D eigenvalue weighted by atomic mass is 10.0. The van der Waals surface area contributed by atoms with E-state index < -0.39 is 0 Å². The molecule has 0 unspecified atom stereocenters. The van der Waals surface area contributed by atoms with Gasteiger partial charge in [-0.15, -0.1) is 0 Å². The van der Waals surface area contributed by atoms with Crippen molar-refractivity contribution in [2.24, 2.45) is 5.73 Å². The second-order valence-electron chi connectivity index (χ2n) is 6.47. The molecular formula is C20H20N8O. The monoisotopic (exact) mass is 388 g/mol. The molecule has 2 heterocycles. The molecule has 0 aliphatic heterocycles. The Balaban J connectivity index is 1.62. The van der Waals surface area contributed by atoms with Crippen LogP contribution < -0.4 is 22.5 Å². The summed E-state index contributed by atoms with van der Waals surface area (Å²) in [5.74, 6) is 0.691. The lowest BCUT2D eigenvalue weighted by Crippen LogP contribution is -2.14. The maximum Gasteiger partial charge on any atom is 0.292 e. The summed E-state index contributed by atoms with van der Waals surface area (Å²) < 4.78 is 5.29. The Labute approximate surface area is 166 Å². The van der Waals surface area contributed by atoms with Gasteiger partial charge in [0, 0.05) is 18.7 Å². The molecule has 0 amide bonds. The van der Waals surface area contributed by atoms with Gasteiger partial charge < -0.3 is 26.9 Å². The second-order valence-corrected chi connectivity index (χ2v) is 6.47. The molecule has 146 valence electrons. The molecule has 0 spiro atoms. The minimum absolute atomic E-state index is 0.0780. The molecule has 4 aromatic rings. The van der Waals surface area contributed by atoms with Crippen LogP contribution >= 0.6 is 0 Å². The molecule has 0 fully saturated rings. The van der Waals surface area contributed by atoms with Crippen molar-refractivity contribution >= 4 is 34.5 Å². The van der Waals surface area contributed by atoms with Crippen molar-refractivity contribution in [1.82, 2.24) is 15.0 Å². The highest BCUT2D eigenvalue weighted by Crippen LogP contribution is 2.25. The van der Waals surface area contributed by atoms with E-state index in [2.05, 4.69) is 20.3 Å². The third kappa shape index (κ3) is 3.71. The van der Waals surface area contributed by atoms with Crippen LogP contribution in [0.25, 0.3) is 11.1 Å². The quantitative estimate of drug-likeness (QED) is 0.314. The first-order chi connectivity index (χ1) is 14.0. The van der Waals surface area contributed by atoms with Crippen LogP contribution in [-0.4, -0.2) is 20.7 Å². The number of hydrogen-bond donors (Lipinski definition) is 5. The zero-order chi connectivity index (χ0) is 20.4. The lowest BCUT2D eigenvalue weighted by molar-refractivity contribution is 0.626. The summed E-state index contributed by atoms with van der Waals surface area (Å²) in [7, 11) is 0. The minimum atomic E-state index is 0.0780. The Morgan fingerprint density at radius 2 is 1.79 bits per heavy atom. The number of fused-ring (bicyclic) bond motifs is 1. The zero-order valence-corrected chi connectivity index (χ0v) is 15.5. The first kappa shape index (κ1) is 18.4. The van der Waals surface area contributed by atoms with Crippen molar-refractivity contribution in [3.05, 3.63) is 71.0 Å². The Morgan fingerprint density at radius 1 is 1.03 bits per heavy atom. The fraction of sp³-hybridized carbons (Fsp3) is 0.100. The van der Waals surface area contributed by atoms with Crippen LogP contribution in [0.2, 0.25) is 0 Å². The predicted molar refractivity (Wildman–Crippen MR) is 112 cm³/mol. The summed E-state index contributed by atoms with van der Waals surface area (Å²) in [6.45, 7) is 1.01. The number of nitrogens with zero attached hydrogens (tertiary/aromatic N) is 3. The van der Waals surface area contributed by atoms with Gasteiger partial charge in [0.2, 0.25) is 0 Å². The Kier molecular flexibility index (Phi) is 4.80. The van der Waals surface area contributed by atoms with Crippen molar-refractivity contribution in [1.29, 1.82) is 5.41 Å². The molecule has 0 aliphatic rings. The predicted octanol–water partition coefficient (Wildman–Crippen LogP) is 2.27. The standard InChI is InChI=1S/C20H20N8O/c21-8-11-1-3-12(4-2-11)9-25-19-16(18(23)26-10-27-19)17(22)13-5-6-15-14(7-13)28-20(24)29-15/h1-7,10,22H,8-9,21H2,(H2,24,28)(H3,23,25,26,27). The molecule has 0 atom stereocenters. The van der Waals surface area contributed by atoms with Gasteiger partial charge in [-0.1, -0.05) is 24.3 Å². The summed E-state index contributed by atoms with van der Waals surface area (Å²) in [6.07, 6.45) is 1.37. The highest BCUT2D eigenvalue weighted by Gasteiger charge is 2.17. The Hall–Kier alpha value is -3.98. The van der Waals surface area contributed by atoms with E-state index >= 15 is 0 Å². The lowest BCUT2D eigenvalue weighted by Gasteiger charge is -2.14. The maximum absolute atomic E-state index is 8.67. The molecule has 0 bridgehead atoms. The van der Waals surface area contributed by atoms with Crippen molar-refractivity contribution in [2.45, 2.75) is 13.1 Å². The van der Waals surface area contributed by atoms with E-state index in [1.54, 1.807) is 18.2 Å². The number of rotatable bonds is 6. The van der Waals surface area contributed by atoms with Crippen LogP contribution in [-0.2, 0) is 13.1 Å². The number of oxazole rings is 1. The summed E-state index contributed by atoms with van der Waals surface area (Å²) in [5.41, 5.74) is 21.7. The van der Waals surface area contributed by atoms with Crippen molar-refractivity contribution in [3.63, 3.8) is 0 Å².